The molecule has 0 radical (unpaired) electrons. The second kappa shape index (κ2) is 5.66. The van der Waals surface area contributed by atoms with Crippen molar-refractivity contribution >= 4 is 0 Å². The lowest BCUT2D eigenvalue weighted by Crippen LogP contribution is -2.47. The van der Waals surface area contributed by atoms with Crippen LogP contribution in [0.3, 0.4) is 0 Å². The van der Waals surface area contributed by atoms with Crippen LogP contribution in [0.25, 0.3) is 0 Å². The van der Waals surface area contributed by atoms with Crippen LogP contribution in [0.2, 0.25) is 0 Å². The van der Waals surface area contributed by atoms with E-state index < -0.39 is 0 Å². The molecule has 1 aromatic rings. The van der Waals surface area contributed by atoms with Crippen LogP contribution >= 0.6 is 0 Å². The summed E-state index contributed by atoms with van der Waals surface area (Å²) in [6.07, 6.45) is 6.79. The molecule has 4 rings (SSSR count). The molecule has 1 aliphatic carbocycles. The van der Waals surface area contributed by atoms with Gasteiger partial charge >= 0.3 is 0 Å². The SMILES string of the molecule is CC(C)CCN1C[C@H]2CC[C@@H]1Cc1ccccc1C2. The maximum atomic E-state index is 2.80. The van der Waals surface area contributed by atoms with E-state index in [0.29, 0.717) is 0 Å². The van der Waals surface area contributed by atoms with Crippen molar-refractivity contribution in [1.82, 2.24) is 4.90 Å². The lowest BCUT2D eigenvalue weighted by Gasteiger charge is -2.42. The molecule has 2 heterocycles. The minimum Gasteiger partial charge on any atom is -0.300 e. The molecular weight excluding hydrogens is 230 g/mol. The lowest BCUT2D eigenvalue weighted by molar-refractivity contribution is 0.0960. The van der Waals surface area contributed by atoms with Gasteiger partial charge in [0.2, 0.25) is 0 Å². The van der Waals surface area contributed by atoms with Crippen molar-refractivity contribution in [1.29, 1.82) is 0 Å². The summed E-state index contributed by atoms with van der Waals surface area (Å²) in [5.74, 6) is 1.72. The molecular formula is C18H27N. The predicted octanol–water partition coefficient (Wildman–Crippen LogP) is 3.91. The molecule has 1 aromatic carbocycles. The zero-order valence-corrected chi connectivity index (χ0v) is 12.4. The Morgan fingerprint density at radius 3 is 2.58 bits per heavy atom. The van der Waals surface area contributed by atoms with E-state index in [-0.39, 0.29) is 0 Å². The number of hydrogen-bond acceptors (Lipinski definition) is 1. The largest absolute Gasteiger partial charge is 0.300 e. The number of fused-ring (bicyclic) bond motifs is 2. The minimum atomic E-state index is 0.802. The van der Waals surface area contributed by atoms with Gasteiger partial charge in [0.05, 0.1) is 0 Å². The Hall–Kier alpha value is -0.820. The monoisotopic (exact) mass is 257 g/mol. The van der Waals surface area contributed by atoms with Crippen molar-refractivity contribution < 1.29 is 0 Å². The van der Waals surface area contributed by atoms with Gasteiger partial charge < -0.3 is 0 Å². The van der Waals surface area contributed by atoms with E-state index in [2.05, 4.69) is 43.0 Å². The molecule has 3 aliphatic rings. The molecule has 1 saturated heterocycles. The van der Waals surface area contributed by atoms with Crippen LogP contribution in [-0.4, -0.2) is 24.0 Å². The van der Waals surface area contributed by atoms with Gasteiger partial charge in [-0.1, -0.05) is 38.1 Å². The topological polar surface area (TPSA) is 3.24 Å². The zero-order chi connectivity index (χ0) is 13.2. The summed E-state index contributed by atoms with van der Waals surface area (Å²) < 4.78 is 0. The van der Waals surface area contributed by atoms with Crippen molar-refractivity contribution in [3.05, 3.63) is 35.4 Å². The molecule has 0 saturated carbocycles. The van der Waals surface area contributed by atoms with Crippen molar-refractivity contribution in [3.8, 4) is 0 Å². The van der Waals surface area contributed by atoms with Gasteiger partial charge in [-0.2, -0.15) is 0 Å². The molecule has 2 aliphatic heterocycles. The predicted molar refractivity (Wildman–Crippen MR) is 81.4 cm³/mol. The number of nitrogens with zero attached hydrogens (tertiary/aromatic N) is 1. The van der Waals surface area contributed by atoms with Crippen LogP contribution in [0.15, 0.2) is 24.3 Å². The molecule has 1 nitrogen and oxygen atoms in total. The highest BCUT2D eigenvalue weighted by molar-refractivity contribution is 5.29. The fraction of sp³-hybridized carbons (Fsp3) is 0.667. The first-order valence-corrected chi connectivity index (χ1v) is 8.03. The highest BCUT2D eigenvalue weighted by Gasteiger charge is 2.31. The van der Waals surface area contributed by atoms with E-state index in [0.717, 1.165) is 17.9 Å². The maximum absolute atomic E-state index is 2.80. The van der Waals surface area contributed by atoms with Crippen LogP contribution in [0, 0.1) is 11.8 Å². The lowest BCUT2D eigenvalue weighted by atomic mass is 9.80. The van der Waals surface area contributed by atoms with E-state index in [1.165, 1.54) is 45.2 Å². The van der Waals surface area contributed by atoms with Crippen LogP contribution in [-0.2, 0) is 12.8 Å². The first kappa shape index (κ1) is 13.2. The Labute approximate surface area is 118 Å². The fourth-order valence-electron chi connectivity index (χ4n) is 3.80. The standard InChI is InChI=1S/C18H27N/c1-14(2)9-10-19-13-15-7-8-18(19)12-17-6-4-3-5-16(17)11-15/h3-6,14-15,18H,7-13H2,1-2H3/t15-,18+/m0/s1. The number of benzene rings is 1. The Balaban J connectivity index is 1.77. The van der Waals surface area contributed by atoms with Gasteiger partial charge in [0.15, 0.2) is 0 Å². The third kappa shape index (κ3) is 3.02. The van der Waals surface area contributed by atoms with Crippen molar-refractivity contribution in [2.45, 2.75) is 52.0 Å². The van der Waals surface area contributed by atoms with Gasteiger partial charge in [0, 0.05) is 12.6 Å². The Morgan fingerprint density at radius 2 is 1.84 bits per heavy atom. The first-order valence-electron chi connectivity index (χ1n) is 8.03. The second-order valence-electron chi connectivity index (χ2n) is 6.95. The Kier molecular flexibility index (Phi) is 3.93. The minimum absolute atomic E-state index is 0.802. The Morgan fingerprint density at radius 1 is 1.11 bits per heavy atom. The third-order valence-electron chi connectivity index (χ3n) is 4.99. The molecule has 1 fully saturated rings. The van der Waals surface area contributed by atoms with Gasteiger partial charge in [-0.15, -0.1) is 0 Å². The van der Waals surface area contributed by atoms with Crippen LogP contribution < -0.4 is 0 Å². The first-order chi connectivity index (χ1) is 9.22. The van der Waals surface area contributed by atoms with Gasteiger partial charge in [-0.3, -0.25) is 4.90 Å². The maximum Gasteiger partial charge on any atom is 0.0136 e. The number of piperidine rings is 1. The fourth-order valence-corrected chi connectivity index (χ4v) is 3.80. The normalized spacial score (nSPS) is 27.1. The molecule has 0 amide bonds. The molecule has 2 bridgehead atoms. The summed E-state index contributed by atoms with van der Waals surface area (Å²) in [5, 5.41) is 0. The molecule has 0 N–H and O–H groups in total. The molecule has 0 aromatic heterocycles. The third-order valence-corrected chi connectivity index (χ3v) is 4.99. The van der Waals surface area contributed by atoms with Crippen LogP contribution in [0.5, 0.6) is 0 Å². The summed E-state index contributed by atoms with van der Waals surface area (Å²) in [4.78, 5) is 2.80. The molecule has 2 atom stereocenters. The molecule has 104 valence electrons. The zero-order valence-electron chi connectivity index (χ0n) is 12.4. The summed E-state index contributed by atoms with van der Waals surface area (Å²) in [6, 6.07) is 9.94. The highest BCUT2D eigenvalue weighted by atomic mass is 15.2. The summed E-state index contributed by atoms with van der Waals surface area (Å²) in [7, 11) is 0. The molecule has 1 heteroatoms. The van der Waals surface area contributed by atoms with Gasteiger partial charge in [0.25, 0.3) is 0 Å². The van der Waals surface area contributed by atoms with E-state index in [4.69, 9.17) is 0 Å². The van der Waals surface area contributed by atoms with E-state index in [9.17, 15) is 0 Å². The summed E-state index contributed by atoms with van der Waals surface area (Å²) in [5.41, 5.74) is 3.24. The quantitative estimate of drug-likeness (QED) is 0.793. The van der Waals surface area contributed by atoms with E-state index in [1.807, 2.05) is 0 Å². The molecule has 0 spiro atoms. The van der Waals surface area contributed by atoms with Gasteiger partial charge in [0.1, 0.15) is 0 Å². The number of rotatable bonds is 3. The van der Waals surface area contributed by atoms with Gasteiger partial charge in [-0.05, 0) is 61.6 Å². The molecule has 0 unspecified atom stereocenters. The Bertz CT molecular complexity index is 423. The van der Waals surface area contributed by atoms with E-state index in [1.54, 1.807) is 11.1 Å². The summed E-state index contributed by atoms with van der Waals surface area (Å²) >= 11 is 0. The smallest absolute Gasteiger partial charge is 0.0136 e. The summed E-state index contributed by atoms with van der Waals surface area (Å²) in [6.45, 7) is 7.34. The van der Waals surface area contributed by atoms with E-state index >= 15 is 0 Å². The average molecular weight is 257 g/mol. The number of hydrogen-bond donors (Lipinski definition) is 0. The van der Waals surface area contributed by atoms with Crippen LogP contribution in [0.1, 0.15) is 44.2 Å². The van der Waals surface area contributed by atoms with Crippen LogP contribution in [0.4, 0.5) is 0 Å². The van der Waals surface area contributed by atoms with Gasteiger partial charge in [-0.25, -0.2) is 0 Å². The second-order valence-corrected chi connectivity index (χ2v) is 6.95. The average Bonchev–Trinajstić information content (AvgIpc) is 2.36. The van der Waals surface area contributed by atoms with Crippen molar-refractivity contribution in [2.24, 2.45) is 11.8 Å². The van der Waals surface area contributed by atoms with Crippen molar-refractivity contribution in [3.63, 3.8) is 0 Å². The molecule has 19 heavy (non-hydrogen) atoms. The highest BCUT2D eigenvalue weighted by Crippen LogP contribution is 2.32. The van der Waals surface area contributed by atoms with Crippen molar-refractivity contribution in [2.75, 3.05) is 13.1 Å².